The summed E-state index contributed by atoms with van der Waals surface area (Å²) >= 11 is 0. The molecule has 0 spiro atoms. The predicted octanol–water partition coefficient (Wildman–Crippen LogP) is 2.41. The molecule has 3 heteroatoms. The summed E-state index contributed by atoms with van der Waals surface area (Å²) in [4.78, 5) is 12.8. The van der Waals surface area contributed by atoms with E-state index in [1.165, 1.54) is 26.2 Å². The molecule has 0 bridgehead atoms. The maximum atomic E-state index is 10.8. The Bertz CT molecular complexity index is 157. The number of ether oxygens (including phenoxy) is 1. The van der Waals surface area contributed by atoms with Gasteiger partial charge in [-0.1, -0.05) is 26.2 Å². The van der Waals surface area contributed by atoms with Crippen molar-refractivity contribution in [1.82, 2.24) is 4.90 Å². The highest BCUT2D eigenvalue weighted by atomic mass is 16.6. The van der Waals surface area contributed by atoms with Crippen molar-refractivity contribution in [1.29, 1.82) is 0 Å². The smallest absolute Gasteiger partial charge is 0.304 e. The Morgan fingerprint density at radius 3 is 2.36 bits per heavy atom. The molecule has 0 aromatic carbocycles. The van der Waals surface area contributed by atoms with Crippen molar-refractivity contribution in [3.05, 3.63) is 0 Å². The van der Waals surface area contributed by atoms with Gasteiger partial charge in [-0.15, -0.1) is 0 Å². The van der Waals surface area contributed by atoms with Gasteiger partial charge >= 0.3 is 5.97 Å². The van der Waals surface area contributed by atoms with Crippen LogP contribution in [0.15, 0.2) is 0 Å². The molecule has 0 aliphatic heterocycles. The lowest BCUT2D eigenvalue weighted by Gasteiger charge is -2.23. The number of unbranched alkanes of at least 4 members (excludes halogenated alkanes) is 3. The van der Waals surface area contributed by atoms with Gasteiger partial charge in [-0.25, -0.2) is 0 Å². The Kier molecular flexibility index (Phi) is 7.48. The minimum absolute atomic E-state index is 0.0515. The molecular weight excluding hydrogens is 178 g/mol. The normalized spacial score (nSPS) is 12.9. The van der Waals surface area contributed by atoms with E-state index in [1.54, 1.807) is 0 Å². The molecule has 0 fully saturated rings. The number of hydrogen-bond acceptors (Lipinski definition) is 3. The van der Waals surface area contributed by atoms with Crippen LogP contribution in [0.3, 0.4) is 0 Å². The van der Waals surface area contributed by atoms with E-state index in [0.717, 1.165) is 12.8 Å². The van der Waals surface area contributed by atoms with Gasteiger partial charge in [-0.2, -0.15) is 0 Å². The summed E-state index contributed by atoms with van der Waals surface area (Å²) in [6, 6.07) is 0. The van der Waals surface area contributed by atoms with Crippen molar-refractivity contribution in [2.45, 2.75) is 52.2 Å². The monoisotopic (exact) mass is 201 g/mol. The number of esters is 1. The van der Waals surface area contributed by atoms with E-state index in [1.807, 2.05) is 19.0 Å². The Morgan fingerprint density at radius 1 is 1.29 bits per heavy atom. The van der Waals surface area contributed by atoms with Crippen LogP contribution in [0.1, 0.15) is 46.0 Å². The molecule has 0 saturated carbocycles. The summed E-state index contributed by atoms with van der Waals surface area (Å²) in [5, 5.41) is 0. The van der Waals surface area contributed by atoms with Crippen LogP contribution in [-0.2, 0) is 9.53 Å². The molecule has 1 unspecified atom stereocenters. The quantitative estimate of drug-likeness (QED) is 0.360. The minimum Gasteiger partial charge on any atom is -0.447 e. The minimum atomic E-state index is -0.195. The first-order chi connectivity index (χ1) is 6.57. The molecule has 14 heavy (non-hydrogen) atoms. The maximum Gasteiger partial charge on any atom is 0.304 e. The van der Waals surface area contributed by atoms with Crippen LogP contribution in [0.25, 0.3) is 0 Å². The van der Waals surface area contributed by atoms with E-state index in [2.05, 4.69) is 6.92 Å². The summed E-state index contributed by atoms with van der Waals surface area (Å²) in [7, 11) is 3.88. The SMILES string of the molecule is CCCCCCC(OC(C)=O)N(C)C. The summed E-state index contributed by atoms with van der Waals surface area (Å²) in [6.07, 6.45) is 5.74. The highest BCUT2D eigenvalue weighted by Crippen LogP contribution is 2.10. The van der Waals surface area contributed by atoms with E-state index in [4.69, 9.17) is 4.74 Å². The highest BCUT2D eigenvalue weighted by molar-refractivity contribution is 5.66. The van der Waals surface area contributed by atoms with E-state index >= 15 is 0 Å². The van der Waals surface area contributed by atoms with Gasteiger partial charge in [0.25, 0.3) is 0 Å². The maximum absolute atomic E-state index is 10.8. The van der Waals surface area contributed by atoms with E-state index < -0.39 is 0 Å². The van der Waals surface area contributed by atoms with E-state index in [-0.39, 0.29) is 12.2 Å². The van der Waals surface area contributed by atoms with Crippen LogP contribution in [0, 0.1) is 0 Å². The highest BCUT2D eigenvalue weighted by Gasteiger charge is 2.13. The molecule has 3 nitrogen and oxygen atoms in total. The first-order valence-electron chi connectivity index (χ1n) is 5.41. The molecule has 0 N–H and O–H groups in total. The van der Waals surface area contributed by atoms with Crippen molar-refractivity contribution in [2.75, 3.05) is 14.1 Å². The zero-order valence-electron chi connectivity index (χ0n) is 9.88. The average molecular weight is 201 g/mol. The standard InChI is InChI=1S/C11H23NO2/c1-5-6-7-8-9-11(12(3)4)14-10(2)13/h11H,5-9H2,1-4H3. The third-order valence-electron chi connectivity index (χ3n) is 2.18. The molecule has 1 atom stereocenters. The molecular formula is C11H23NO2. The molecule has 0 aliphatic rings. The Labute approximate surface area is 87.4 Å². The summed E-state index contributed by atoms with van der Waals surface area (Å²) < 4.78 is 5.18. The lowest BCUT2D eigenvalue weighted by atomic mass is 10.1. The van der Waals surface area contributed by atoms with Crippen LogP contribution in [0.4, 0.5) is 0 Å². The second kappa shape index (κ2) is 7.80. The topological polar surface area (TPSA) is 29.5 Å². The van der Waals surface area contributed by atoms with E-state index in [0.29, 0.717) is 0 Å². The second-order valence-corrected chi connectivity index (χ2v) is 3.88. The average Bonchev–Trinajstić information content (AvgIpc) is 2.09. The van der Waals surface area contributed by atoms with Gasteiger partial charge in [0.2, 0.25) is 0 Å². The van der Waals surface area contributed by atoms with Gasteiger partial charge < -0.3 is 4.74 Å². The molecule has 0 radical (unpaired) electrons. The molecule has 0 rings (SSSR count). The molecule has 84 valence electrons. The summed E-state index contributed by atoms with van der Waals surface area (Å²) in [5.41, 5.74) is 0. The number of carbonyl (C=O) groups is 1. The van der Waals surface area contributed by atoms with Crippen molar-refractivity contribution in [3.8, 4) is 0 Å². The third kappa shape index (κ3) is 6.89. The first kappa shape index (κ1) is 13.4. The number of hydrogen-bond donors (Lipinski definition) is 0. The Morgan fingerprint density at radius 2 is 1.93 bits per heavy atom. The second-order valence-electron chi connectivity index (χ2n) is 3.88. The van der Waals surface area contributed by atoms with Gasteiger partial charge in [-0.3, -0.25) is 9.69 Å². The van der Waals surface area contributed by atoms with Crippen molar-refractivity contribution < 1.29 is 9.53 Å². The van der Waals surface area contributed by atoms with Gasteiger partial charge in [0.15, 0.2) is 6.23 Å². The Balaban J connectivity index is 3.68. The van der Waals surface area contributed by atoms with Crippen LogP contribution >= 0.6 is 0 Å². The summed E-state index contributed by atoms with van der Waals surface area (Å²) in [5.74, 6) is -0.195. The lowest BCUT2D eigenvalue weighted by molar-refractivity contribution is -0.154. The number of carbonyl (C=O) groups excluding carboxylic acids is 1. The zero-order chi connectivity index (χ0) is 11.0. The van der Waals surface area contributed by atoms with Crippen molar-refractivity contribution in [2.24, 2.45) is 0 Å². The zero-order valence-corrected chi connectivity index (χ0v) is 9.88. The largest absolute Gasteiger partial charge is 0.447 e. The van der Waals surface area contributed by atoms with Crippen LogP contribution in [0.5, 0.6) is 0 Å². The predicted molar refractivity (Wildman–Crippen MR) is 58.0 cm³/mol. The van der Waals surface area contributed by atoms with E-state index in [9.17, 15) is 4.79 Å². The fraction of sp³-hybridized carbons (Fsp3) is 0.909. The van der Waals surface area contributed by atoms with Gasteiger partial charge in [-0.05, 0) is 26.9 Å². The molecule has 0 heterocycles. The molecule has 0 aromatic heterocycles. The Hall–Kier alpha value is -0.570. The molecule has 0 aromatic rings. The fourth-order valence-corrected chi connectivity index (χ4v) is 1.36. The lowest BCUT2D eigenvalue weighted by Crippen LogP contribution is -2.32. The van der Waals surface area contributed by atoms with Crippen LogP contribution in [-0.4, -0.2) is 31.2 Å². The number of nitrogens with zero attached hydrogens (tertiary/aromatic N) is 1. The molecule has 0 amide bonds. The van der Waals surface area contributed by atoms with Gasteiger partial charge in [0, 0.05) is 6.92 Å². The van der Waals surface area contributed by atoms with Crippen molar-refractivity contribution in [3.63, 3.8) is 0 Å². The van der Waals surface area contributed by atoms with Crippen LogP contribution in [0.2, 0.25) is 0 Å². The third-order valence-corrected chi connectivity index (χ3v) is 2.18. The van der Waals surface area contributed by atoms with Gasteiger partial charge in [0.05, 0.1) is 0 Å². The van der Waals surface area contributed by atoms with Gasteiger partial charge in [0.1, 0.15) is 0 Å². The summed E-state index contributed by atoms with van der Waals surface area (Å²) in [6.45, 7) is 3.65. The first-order valence-corrected chi connectivity index (χ1v) is 5.41. The number of rotatable bonds is 7. The fourth-order valence-electron chi connectivity index (χ4n) is 1.36. The van der Waals surface area contributed by atoms with Crippen LogP contribution < -0.4 is 0 Å². The molecule has 0 aliphatic carbocycles. The molecule has 0 saturated heterocycles. The van der Waals surface area contributed by atoms with Crippen molar-refractivity contribution >= 4 is 5.97 Å².